The summed E-state index contributed by atoms with van der Waals surface area (Å²) < 4.78 is 45.1. The lowest BCUT2D eigenvalue weighted by molar-refractivity contribution is -0.200. The van der Waals surface area contributed by atoms with E-state index in [9.17, 15) is 18.0 Å². The molecule has 1 rings (SSSR count). The van der Waals surface area contributed by atoms with Gasteiger partial charge in [0.15, 0.2) is 6.79 Å². The van der Waals surface area contributed by atoms with Crippen LogP contribution in [0.2, 0.25) is 0 Å². The van der Waals surface area contributed by atoms with Crippen LogP contribution < -0.4 is 5.73 Å². The molecule has 108 valence electrons. The maximum Gasteiger partial charge on any atom is 0.411 e. The van der Waals surface area contributed by atoms with Gasteiger partial charge in [-0.3, -0.25) is 4.68 Å². The van der Waals surface area contributed by atoms with Crippen molar-refractivity contribution < 1.29 is 27.4 Å². The molecule has 0 aliphatic heterocycles. The van der Waals surface area contributed by atoms with E-state index in [1.165, 1.54) is 4.68 Å². The van der Waals surface area contributed by atoms with Gasteiger partial charge < -0.3 is 15.2 Å². The Labute approximate surface area is 107 Å². The molecule has 0 atom stereocenters. The van der Waals surface area contributed by atoms with Gasteiger partial charge in [-0.1, -0.05) is 0 Å². The van der Waals surface area contributed by atoms with Crippen molar-refractivity contribution in [1.29, 1.82) is 0 Å². The summed E-state index contributed by atoms with van der Waals surface area (Å²) in [4.78, 5) is 11.3. The summed E-state index contributed by atoms with van der Waals surface area (Å²) in [5.74, 6) is -0.757. The van der Waals surface area contributed by atoms with Crippen LogP contribution >= 0.6 is 0 Å². The molecule has 9 heteroatoms. The largest absolute Gasteiger partial charge is 0.437 e. The van der Waals surface area contributed by atoms with E-state index in [0.29, 0.717) is 17.1 Å². The third kappa shape index (κ3) is 4.78. The van der Waals surface area contributed by atoms with E-state index in [1.54, 1.807) is 13.8 Å². The van der Waals surface area contributed by atoms with E-state index in [2.05, 4.69) is 14.6 Å². The van der Waals surface area contributed by atoms with Crippen LogP contribution in [0.15, 0.2) is 0 Å². The fourth-order valence-corrected chi connectivity index (χ4v) is 1.30. The molecule has 0 saturated heterocycles. The van der Waals surface area contributed by atoms with Gasteiger partial charge in [0.1, 0.15) is 13.2 Å². The van der Waals surface area contributed by atoms with Crippen LogP contribution in [0.4, 0.5) is 18.9 Å². The Hall–Kier alpha value is -1.77. The van der Waals surface area contributed by atoms with Gasteiger partial charge in [0.25, 0.3) is 0 Å². The maximum atomic E-state index is 11.7. The van der Waals surface area contributed by atoms with E-state index in [-0.39, 0.29) is 6.54 Å². The Kier molecular flexibility index (Phi) is 4.76. The Morgan fingerprint density at radius 1 is 1.42 bits per heavy atom. The smallest absolute Gasteiger partial charge is 0.411 e. The SMILES string of the molecule is Cc1nn(CC(=O)OCOCC(F)(F)F)c(C)c1N. The lowest BCUT2D eigenvalue weighted by atomic mass is 10.3. The molecule has 0 bridgehead atoms. The van der Waals surface area contributed by atoms with Crippen LogP contribution in [0.3, 0.4) is 0 Å². The number of nitrogens with two attached hydrogens (primary N) is 1. The van der Waals surface area contributed by atoms with Gasteiger partial charge in [-0.2, -0.15) is 18.3 Å². The van der Waals surface area contributed by atoms with Crippen LogP contribution in [0.1, 0.15) is 11.4 Å². The minimum atomic E-state index is -4.45. The zero-order valence-electron chi connectivity index (χ0n) is 10.5. The van der Waals surface area contributed by atoms with Crippen molar-refractivity contribution >= 4 is 11.7 Å². The number of alkyl halides is 3. The summed E-state index contributed by atoms with van der Waals surface area (Å²) >= 11 is 0. The average molecular weight is 281 g/mol. The molecule has 0 aliphatic rings. The molecule has 0 saturated carbocycles. The van der Waals surface area contributed by atoms with E-state index in [4.69, 9.17) is 5.73 Å². The van der Waals surface area contributed by atoms with Crippen molar-refractivity contribution in [3.05, 3.63) is 11.4 Å². The molecule has 0 aromatic carbocycles. The summed E-state index contributed by atoms with van der Waals surface area (Å²) in [5.41, 5.74) is 7.28. The first-order valence-corrected chi connectivity index (χ1v) is 5.30. The molecule has 0 radical (unpaired) electrons. The number of aromatic nitrogens is 2. The van der Waals surface area contributed by atoms with Crippen LogP contribution in [-0.2, 0) is 20.8 Å². The van der Waals surface area contributed by atoms with Crippen LogP contribution in [0.25, 0.3) is 0 Å². The van der Waals surface area contributed by atoms with Crippen molar-refractivity contribution in [3.8, 4) is 0 Å². The third-order valence-electron chi connectivity index (χ3n) is 2.29. The molecule has 2 N–H and O–H groups in total. The monoisotopic (exact) mass is 281 g/mol. The average Bonchev–Trinajstić information content (AvgIpc) is 2.51. The molecule has 1 aromatic heterocycles. The number of carbonyl (C=O) groups excluding carboxylic acids is 1. The number of hydrogen-bond acceptors (Lipinski definition) is 5. The molecule has 0 fully saturated rings. The Morgan fingerprint density at radius 3 is 2.53 bits per heavy atom. The molecule has 6 nitrogen and oxygen atoms in total. The topological polar surface area (TPSA) is 79.4 Å². The number of carbonyl (C=O) groups is 1. The van der Waals surface area contributed by atoms with Crippen molar-refractivity contribution in [2.45, 2.75) is 26.6 Å². The molecular formula is C10H14F3N3O3. The van der Waals surface area contributed by atoms with E-state index >= 15 is 0 Å². The van der Waals surface area contributed by atoms with Gasteiger partial charge >= 0.3 is 12.1 Å². The number of nitrogens with zero attached hydrogens (tertiary/aromatic N) is 2. The summed E-state index contributed by atoms with van der Waals surface area (Å²) in [6.07, 6.45) is -4.45. The molecule has 0 aliphatic carbocycles. The minimum Gasteiger partial charge on any atom is -0.437 e. The van der Waals surface area contributed by atoms with Crippen LogP contribution in [0.5, 0.6) is 0 Å². The zero-order valence-corrected chi connectivity index (χ0v) is 10.5. The molecule has 1 aromatic rings. The number of aryl methyl sites for hydroxylation is 1. The molecule has 19 heavy (non-hydrogen) atoms. The molecule has 0 spiro atoms. The predicted molar refractivity (Wildman–Crippen MR) is 59.1 cm³/mol. The van der Waals surface area contributed by atoms with E-state index in [0.717, 1.165) is 0 Å². The molecule has 1 heterocycles. The summed E-state index contributed by atoms with van der Waals surface area (Å²) in [6, 6.07) is 0. The second-order valence-corrected chi connectivity index (χ2v) is 3.84. The highest BCUT2D eigenvalue weighted by molar-refractivity contribution is 5.69. The summed E-state index contributed by atoms with van der Waals surface area (Å²) in [5, 5.41) is 3.99. The molecule has 0 amide bonds. The standard InChI is InChI=1S/C10H14F3N3O3/c1-6-9(14)7(2)16(15-6)3-8(17)19-5-18-4-10(11,12)13/h3-5,14H2,1-2H3. The van der Waals surface area contributed by atoms with E-state index < -0.39 is 25.5 Å². The van der Waals surface area contributed by atoms with Crippen molar-refractivity contribution in [1.82, 2.24) is 9.78 Å². The maximum absolute atomic E-state index is 11.7. The fourth-order valence-electron chi connectivity index (χ4n) is 1.30. The lowest BCUT2D eigenvalue weighted by Gasteiger charge is -2.09. The van der Waals surface area contributed by atoms with Crippen LogP contribution in [-0.4, -0.2) is 35.3 Å². The number of nitrogen functional groups attached to an aromatic ring is 1. The van der Waals surface area contributed by atoms with Gasteiger partial charge in [0.05, 0.1) is 17.1 Å². The number of esters is 1. The zero-order chi connectivity index (χ0) is 14.6. The quantitative estimate of drug-likeness (QED) is 0.498. The van der Waals surface area contributed by atoms with Gasteiger partial charge in [0, 0.05) is 0 Å². The highest BCUT2D eigenvalue weighted by Crippen LogP contribution is 2.15. The molecular weight excluding hydrogens is 267 g/mol. The number of rotatable bonds is 5. The number of halogens is 3. The summed E-state index contributed by atoms with van der Waals surface area (Å²) in [6.45, 7) is 0.888. The normalized spacial score (nSPS) is 11.6. The second-order valence-electron chi connectivity index (χ2n) is 3.84. The fraction of sp³-hybridized carbons (Fsp3) is 0.600. The summed E-state index contributed by atoms with van der Waals surface area (Å²) in [7, 11) is 0. The lowest BCUT2D eigenvalue weighted by Crippen LogP contribution is -2.21. The van der Waals surface area contributed by atoms with Crippen molar-refractivity contribution in [2.24, 2.45) is 0 Å². The van der Waals surface area contributed by atoms with Crippen molar-refractivity contribution in [2.75, 3.05) is 19.1 Å². The first kappa shape index (κ1) is 15.3. The highest BCUT2D eigenvalue weighted by Gasteiger charge is 2.27. The Morgan fingerprint density at radius 2 is 2.05 bits per heavy atom. The van der Waals surface area contributed by atoms with Crippen LogP contribution in [0, 0.1) is 13.8 Å². The first-order valence-electron chi connectivity index (χ1n) is 5.30. The second kappa shape index (κ2) is 5.91. The predicted octanol–water partition coefficient (Wildman–Crippen LogP) is 1.16. The van der Waals surface area contributed by atoms with Gasteiger partial charge in [-0.25, -0.2) is 4.79 Å². The Bertz CT molecular complexity index is 457. The van der Waals surface area contributed by atoms with Gasteiger partial charge in [0.2, 0.25) is 0 Å². The van der Waals surface area contributed by atoms with Gasteiger partial charge in [-0.15, -0.1) is 0 Å². The minimum absolute atomic E-state index is 0.237. The third-order valence-corrected chi connectivity index (χ3v) is 2.29. The molecule has 0 unspecified atom stereocenters. The van der Waals surface area contributed by atoms with E-state index in [1.807, 2.05) is 0 Å². The number of ether oxygens (including phenoxy) is 2. The first-order chi connectivity index (χ1) is 8.70. The number of anilines is 1. The van der Waals surface area contributed by atoms with Crippen molar-refractivity contribution in [3.63, 3.8) is 0 Å². The number of hydrogen-bond donors (Lipinski definition) is 1. The Balaban J connectivity index is 2.37. The highest BCUT2D eigenvalue weighted by atomic mass is 19.4. The van der Waals surface area contributed by atoms with Gasteiger partial charge in [-0.05, 0) is 13.8 Å².